The highest BCUT2D eigenvalue weighted by Gasteiger charge is 2.18. The molecule has 1 heterocycles. The van der Waals surface area contributed by atoms with Gasteiger partial charge in [0.1, 0.15) is 17.9 Å². The monoisotopic (exact) mass is 484 g/mol. The Balaban J connectivity index is 2.07. The summed E-state index contributed by atoms with van der Waals surface area (Å²) in [6.07, 6.45) is 15.9. The smallest absolute Gasteiger partial charge is 0.383 e. The second-order valence-electron chi connectivity index (χ2n) is 9.41. The zero-order valence-corrected chi connectivity index (χ0v) is 22.4. The molecule has 0 fully saturated rings. The Labute approximate surface area is 211 Å². The molecule has 0 radical (unpaired) electrons. The van der Waals surface area contributed by atoms with E-state index in [-0.39, 0.29) is 5.75 Å². The van der Waals surface area contributed by atoms with Crippen molar-refractivity contribution >= 4 is 11.0 Å². The molecule has 5 nitrogen and oxygen atoms in total. The summed E-state index contributed by atoms with van der Waals surface area (Å²) >= 11 is 0. The molecule has 0 aliphatic rings. The van der Waals surface area contributed by atoms with Crippen LogP contribution >= 0.6 is 0 Å². The van der Waals surface area contributed by atoms with Gasteiger partial charge in [-0.3, -0.25) is 0 Å². The number of hydrogen-bond acceptors (Lipinski definition) is 5. The van der Waals surface area contributed by atoms with Crippen LogP contribution in [0.2, 0.25) is 0 Å². The molecule has 2 rings (SSSR count). The van der Waals surface area contributed by atoms with E-state index in [9.17, 15) is 4.79 Å². The van der Waals surface area contributed by atoms with Crippen molar-refractivity contribution in [3.63, 3.8) is 0 Å². The van der Waals surface area contributed by atoms with Gasteiger partial charge in [0, 0.05) is 6.07 Å². The van der Waals surface area contributed by atoms with Gasteiger partial charge in [0.2, 0.25) is 5.75 Å². The van der Waals surface area contributed by atoms with Crippen molar-refractivity contribution in [2.75, 3.05) is 20.3 Å². The molecule has 194 valence electrons. The quantitative estimate of drug-likeness (QED) is 0.128. The minimum Gasteiger partial charge on any atom is -0.497 e. The van der Waals surface area contributed by atoms with Crippen molar-refractivity contribution in [3.8, 4) is 17.2 Å². The van der Waals surface area contributed by atoms with Gasteiger partial charge in [-0.05, 0) is 58.2 Å². The Morgan fingerprint density at radius 2 is 1.63 bits per heavy atom. The second kappa shape index (κ2) is 16.1. The van der Waals surface area contributed by atoms with E-state index in [4.69, 9.17) is 18.6 Å². The van der Waals surface area contributed by atoms with Crippen LogP contribution in [-0.2, 0) is 0 Å². The topological polar surface area (TPSA) is 57.9 Å². The molecule has 0 N–H and O–H groups in total. The standard InChI is InChI=1S/C30H44O5/c1-6-7-8-9-10-11-12-13-20-33-29-28(34-21-19-24(4)16-14-15-23(2)3)26-18-17-25(32-5)22-27(26)35-30(29)31/h15,17-19,22H,6-14,16,20-21H2,1-5H3/b24-19+. The summed E-state index contributed by atoms with van der Waals surface area (Å²) in [5, 5.41) is 0.701. The second-order valence-corrected chi connectivity index (χ2v) is 9.41. The predicted molar refractivity (Wildman–Crippen MR) is 145 cm³/mol. The van der Waals surface area contributed by atoms with E-state index in [2.05, 4.69) is 39.8 Å². The van der Waals surface area contributed by atoms with E-state index in [0.29, 0.717) is 35.7 Å². The Kier molecular flexibility index (Phi) is 13.1. The summed E-state index contributed by atoms with van der Waals surface area (Å²) in [4.78, 5) is 12.8. The van der Waals surface area contributed by atoms with Crippen LogP contribution in [0.1, 0.15) is 91.9 Å². The van der Waals surface area contributed by atoms with E-state index in [1.807, 2.05) is 12.1 Å². The van der Waals surface area contributed by atoms with Crippen molar-refractivity contribution in [1.82, 2.24) is 0 Å². The van der Waals surface area contributed by atoms with Crippen LogP contribution in [0.25, 0.3) is 11.0 Å². The minimum absolute atomic E-state index is 0.154. The Hall–Kier alpha value is -2.69. The molecule has 0 amide bonds. The summed E-state index contributed by atoms with van der Waals surface area (Å²) in [7, 11) is 1.58. The number of ether oxygens (including phenoxy) is 3. The highest BCUT2D eigenvalue weighted by Crippen LogP contribution is 2.34. The number of methoxy groups -OCH3 is 1. The molecule has 0 unspecified atom stereocenters. The zero-order valence-electron chi connectivity index (χ0n) is 22.4. The molecular formula is C30H44O5. The molecule has 1 aromatic heterocycles. The third-order valence-electron chi connectivity index (χ3n) is 6.02. The lowest BCUT2D eigenvalue weighted by atomic mass is 10.1. The fourth-order valence-electron chi connectivity index (χ4n) is 3.90. The fraction of sp³-hybridized carbons (Fsp3) is 0.567. The van der Waals surface area contributed by atoms with E-state index >= 15 is 0 Å². The average molecular weight is 485 g/mol. The molecule has 0 spiro atoms. The van der Waals surface area contributed by atoms with Crippen LogP contribution in [0.15, 0.2) is 50.7 Å². The maximum Gasteiger partial charge on any atom is 0.383 e. The van der Waals surface area contributed by atoms with Crippen LogP contribution in [0, 0.1) is 0 Å². The van der Waals surface area contributed by atoms with E-state index in [1.54, 1.807) is 13.2 Å². The molecule has 0 aliphatic carbocycles. The number of hydrogen-bond donors (Lipinski definition) is 0. The highest BCUT2D eigenvalue weighted by molar-refractivity contribution is 5.86. The lowest BCUT2D eigenvalue weighted by Gasteiger charge is -2.14. The summed E-state index contributed by atoms with van der Waals surface area (Å²) in [5.41, 5.74) is 2.47. The molecule has 0 saturated carbocycles. The number of unbranched alkanes of at least 4 members (excludes halogenated alkanes) is 7. The molecule has 5 heteroatoms. The van der Waals surface area contributed by atoms with Crippen molar-refractivity contribution < 1.29 is 18.6 Å². The first-order chi connectivity index (χ1) is 17.0. The number of rotatable bonds is 17. The van der Waals surface area contributed by atoms with Crippen molar-refractivity contribution in [3.05, 3.63) is 51.9 Å². The first kappa shape index (κ1) is 28.5. The maximum atomic E-state index is 12.8. The average Bonchev–Trinajstić information content (AvgIpc) is 2.83. The Morgan fingerprint density at radius 1 is 0.914 bits per heavy atom. The van der Waals surface area contributed by atoms with E-state index < -0.39 is 5.63 Å². The van der Waals surface area contributed by atoms with Crippen LogP contribution < -0.4 is 19.8 Å². The first-order valence-electron chi connectivity index (χ1n) is 13.2. The van der Waals surface area contributed by atoms with Gasteiger partial charge < -0.3 is 18.6 Å². The minimum atomic E-state index is -0.524. The first-order valence-corrected chi connectivity index (χ1v) is 13.2. The van der Waals surface area contributed by atoms with Gasteiger partial charge in [-0.2, -0.15) is 0 Å². The van der Waals surface area contributed by atoms with Gasteiger partial charge >= 0.3 is 5.63 Å². The molecule has 0 saturated heterocycles. The number of fused-ring (bicyclic) bond motifs is 1. The van der Waals surface area contributed by atoms with Crippen LogP contribution in [0.4, 0.5) is 0 Å². The lowest BCUT2D eigenvalue weighted by Crippen LogP contribution is -2.11. The van der Waals surface area contributed by atoms with Gasteiger partial charge in [0.05, 0.1) is 19.1 Å². The summed E-state index contributed by atoms with van der Waals surface area (Å²) in [6, 6.07) is 5.38. The van der Waals surface area contributed by atoms with E-state index in [0.717, 1.165) is 25.7 Å². The molecule has 2 aromatic rings. The normalized spacial score (nSPS) is 11.5. The molecule has 35 heavy (non-hydrogen) atoms. The van der Waals surface area contributed by atoms with Crippen LogP contribution in [-0.4, -0.2) is 20.3 Å². The van der Waals surface area contributed by atoms with Gasteiger partial charge in [-0.25, -0.2) is 4.79 Å². The molecule has 0 atom stereocenters. The van der Waals surface area contributed by atoms with Gasteiger partial charge in [0.15, 0.2) is 5.75 Å². The SMILES string of the molecule is CCCCCCCCCCOc1c(OC/C=C(\C)CCC=C(C)C)c2ccc(OC)cc2oc1=O. The zero-order chi connectivity index (χ0) is 25.5. The van der Waals surface area contributed by atoms with Crippen molar-refractivity contribution in [2.45, 2.75) is 91.9 Å². The van der Waals surface area contributed by atoms with Crippen LogP contribution in [0.5, 0.6) is 17.2 Å². The molecule has 0 aliphatic heterocycles. The Bertz CT molecular complexity index is 1010. The largest absolute Gasteiger partial charge is 0.497 e. The summed E-state index contributed by atoms with van der Waals surface area (Å²) in [6.45, 7) is 9.38. The summed E-state index contributed by atoms with van der Waals surface area (Å²) < 4.78 is 22.9. The summed E-state index contributed by atoms with van der Waals surface area (Å²) in [5.74, 6) is 1.21. The third kappa shape index (κ3) is 10.2. The predicted octanol–water partition coefficient (Wildman–Crippen LogP) is 8.39. The van der Waals surface area contributed by atoms with Crippen molar-refractivity contribution in [1.29, 1.82) is 0 Å². The third-order valence-corrected chi connectivity index (χ3v) is 6.02. The van der Waals surface area contributed by atoms with Gasteiger partial charge in [-0.15, -0.1) is 0 Å². The maximum absolute atomic E-state index is 12.8. The molecule has 1 aromatic carbocycles. The number of allylic oxidation sites excluding steroid dienone is 3. The van der Waals surface area contributed by atoms with Gasteiger partial charge in [0.25, 0.3) is 0 Å². The van der Waals surface area contributed by atoms with Crippen molar-refractivity contribution in [2.24, 2.45) is 0 Å². The lowest BCUT2D eigenvalue weighted by molar-refractivity contribution is 0.264. The molecular weight excluding hydrogens is 440 g/mol. The Morgan fingerprint density at radius 3 is 2.31 bits per heavy atom. The van der Waals surface area contributed by atoms with E-state index in [1.165, 1.54) is 49.7 Å². The number of benzene rings is 1. The van der Waals surface area contributed by atoms with Crippen LogP contribution in [0.3, 0.4) is 0 Å². The highest BCUT2D eigenvalue weighted by atomic mass is 16.5. The fourth-order valence-corrected chi connectivity index (χ4v) is 3.90. The molecule has 0 bridgehead atoms. The van der Waals surface area contributed by atoms with Gasteiger partial charge in [-0.1, -0.05) is 69.1 Å².